The molecule has 0 bridgehead atoms. The molecule has 1 fully saturated rings. The van der Waals surface area contributed by atoms with E-state index in [1.54, 1.807) is 12.2 Å². The van der Waals surface area contributed by atoms with Crippen molar-refractivity contribution in [2.45, 2.75) is 25.6 Å². The lowest BCUT2D eigenvalue weighted by atomic mass is 10.0. The van der Waals surface area contributed by atoms with Gasteiger partial charge in [0.25, 0.3) is 5.91 Å². The van der Waals surface area contributed by atoms with Crippen molar-refractivity contribution in [1.82, 2.24) is 10.2 Å². The molecule has 1 aromatic rings. The summed E-state index contributed by atoms with van der Waals surface area (Å²) < 4.78 is 39.7. The van der Waals surface area contributed by atoms with Crippen LogP contribution in [0.25, 0.3) is 0 Å². The first-order valence-corrected chi connectivity index (χ1v) is 8.89. The number of alkyl halides is 3. The lowest BCUT2D eigenvalue weighted by molar-refractivity contribution is -0.137. The predicted molar refractivity (Wildman–Crippen MR) is 101 cm³/mol. The van der Waals surface area contributed by atoms with Gasteiger partial charge < -0.3 is 16.0 Å². The number of imide groups is 1. The summed E-state index contributed by atoms with van der Waals surface area (Å²) >= 11 is 0. The summed E-state index contributed by atoms with van der Waals surface area (Å²) in [5.74, 6) is -0.644. The van der Waals surface area contributed by atoms with Gasteiger partial charge in [0.15, 0.2) is 0 Å². The first-order valence-electron chi connectivity index (χ1n) is 8.89. The average molecular weight is 409 g/mol. The number of hydrogen-bond acceptors (Lipinski definition) is 5. The molecule has 2 rings (SSSR count). The molecular formula is C19H22F3N5O2. The van der Waals surface area contributed by atoms with Crippen LogP contribution in [0.4, 0.5) is 23.7 Å². The second-order valence-electron chi connectivity index (χ2n) is 6.90. The van der Waals surface area contributed by atoms with E-state index in [1.165, 1.54) is 24.8 Å². The zero-order chi connectivity index (χ0) is 21.8. The summed E-state index contributed by atoms with van der Waals surface area (Å²) in [5, 5.41) is 12.0. The van der Waals surface area contributed by atoms with E-state index >= 15 is 0 Å². The topological polar surface area (TPSA) is 102 Å². The van der Waals surface area contributed by atoms with Gasteiger partial charge in [-0.25, -0.2) is 9.69 Å². The SMILES string of the molecule is CC1(C)C(=O)N(c2ccc(C#N)c(C(F)(F)F)c2)C(=O)N1C/C=C\CNCCN. The predicted octanol–water partition coefficient (Wildman–Crippen LogP) is 2.23. The maximum Gasteiger partial charge on any atom is 0.417 e. The number of urea groups is 1. The molecule has 10 heteroatoms. The smallest absolute Gasteiger partial charge is 0.329 e. The van der Waals surface area contributed by atoms with Gasteiger partial charge in [0, 0.05) is 26.2 Å². The zero-order valence-electron chi connectivity index (χ0n) is 16.1. The fourth-order valence-electron chi connectivity index (χ4n) is 2.92. The summed E-state index contributed by atoms with van der Waals surface area (Å²) in [4.78, 5) is 27.6. The van der Waals surface area contributed by atoms with E-state index < -0.39 is 34.8 Å². The molecule has 1 aromatic carbocycles. The molecule has 1 saturated heterocycles. The number of benzene rings is 1. The lowest BCUT2D eigenvalue weighted by Gasteiger charge is -2.26. The Morgan fingerprint density at radius 2 is 1.97 bits per heavy atom. The number of halogens is 3. The number of nitriles is 1. The molecule has 3 N–H and O–H groups in total. The highest BCUT2D eigenvalue weighted by Gasteiger charge is 2.51. The number of amides is 3. The van der Waals surface area contributed by atoms with E-state index in [4.69, 9.17) is 11.0 Å². The van der Waals surface area contributed by atoms with Crippen molar-refractivity contribution in [2.75, 3.05) is 31.1 Å². The molecule has 156 valence electrons. The fourth-order valence-corrected chi connectivity index (χ4v) is 2.92. The van der Waals surface area contributed by atoms with Crippen molar-refractivity contribution in [1.29, 1.82) is 5.26 Å². The van der Waals surface area contributed by atoms with E-state index in [-0.39, 0.29) is 12.2 Å². The fraction of sp³-hybridized carbons (Fsp3) is 0.421. The standard InChI is InChI=1S/C19H22F3N5O2/c1-18(2)16(28)27(17(29)26(18)10-4-3-8-25-9-7-23)14-6-5-13(12-24)15(11-14)19(20,21)22/h3-6,11,25H,7-10,23H2,1-2H3/b4-3-. The number of rotatable bonds is 7. The van der Waals surface area contributed by atoms with Crippen molar-refractivity contribution < 1.29 is 22.8 Å². The molecule has 1 heterocycles. The maximum absolute atomic E-state index is 13.2. The van der Waals surface area contributed by atoms with Crippen molar-refractivity contribution in [3.8, 4) is 6.07 Å². The number of nitrogens with zero attached hydrogens (tertiary/aromatic N) is 3. The molecule has 0 saturated carbocycles. The van der Waals surface area contributed by atoms with Crippen LogP contribution >= 0.6 is 0 Å². The molecular weight excluding hydrogens is 387 g/mol. The molecule has 1 aliphatic rings. The van der Waals surface area contributed by atoms with Crippen LogP contribution < -0.4 is 16.0 Å². The van der Waals surface area contributed by atoms with Crippen LogP contribution in [0.1, 0.15) is 25.0 Å². The van der Waals surface area contributed by atoms with Gasteiger partial charge in [-0.15, -0.1) is 0 Å². The Hall–Kier alpha value is -2.90. The van der Waals surface area contributed by atoms with Crippen LogP contribution in [-0.4, -0.2) is 48.6 Å². The molecule has 0 atom stereocenters. The van der Waals surface area contributed by atoms with Gasteiger partial charge >= 0.3 is 12.2 Å². The van der Waals surface area contributed by atoms with Crippen LogP contribution in [-0.2, 0) is 11.0 Å². The Balaban J connectivity index is 2.30. The maximum atomic E-state index is 13.2. The summed E-state index contributed by atoms with van der Waals surface area (Å²) in [7, 11) is 0. The van der Waals surface area contributed by atoms with Crippen molar-refractivity contribution in [2.24, 2.45) is 5.73 Å². The highest BCUT2D eigenvalue weighted by molar-refractivity contribution is 6.23. The monoisotopic (exact) mass is 409 g/mol. The van der Waals surface area contributed by atoms with Gasteiger partial charge in [0.1, 0.15) is 5.54 Å². The second kappa shape index (κ2) is 8.63. The minimum atomic E-state index is -4.79. The minimum absolute atomic E-state index is 0.112. The van der Waals surface area contributed by atoms with E-state index in [0.717, 1.165) is 17.0 Å². The average Bonchev–Trinajstić information content (AvgIpc) is 2.82. The van der Waals surface area contributed by atoms with Crippen LogP contribution in [0.3, 0.4) is 0 Å². The number of carbonyl (C=O) groups excluding carboxylic acids is 2. The summed E-state index contributed by atoms with van der Waals surface area (Å²) in [6.45, 7) is 4.82. The van der Waals surface area contributed by atoms with Crippen molar-refractivity contribution in [3.63, 3.8) is 0 Å². The Labute approximate surface area is 166 Å². The Bertz CT molecular complexity index is 858. The van der Waals surface area contributed by atoms with E-state index in [1.807, 2.05) is 0 Å². The molecule has 0 unspecified atom stereocenters. The van der Waals surface area contributed by atoms with Crippen molar-refractivity contribution >= 4 is 17.6 Å². The largest absolute Gasteiger partial charge is 0.417 e. The first-order chi connectivity index (χ1) is 13.6. The van der Waals surface area contributed by atoms with Gasteiger partial charge in [-0.05, 0) is 32.0 Å². The zero-order valence-corrected chi connectivity index (χ0v) is 16.1. The van der Waals surface area contributed by atoms with Gasteiger partial charge in [0.05, 0.1) is 22.9 Å². The molecule has 7 nitrogen and oxygen atoms in total. The van der Waals surface area contributed by atoms with Gasteiger partial charge in [-0.1, -0.05) is 12.2 Å². The minimum Gasteiger partial charge on any atom is -0.329 e. The molecule has 0 aromatic heterocycles. The van der Waals surface area contributed by atoms with Gasteiger partial charge in [-0.2, -0.15) is 18.4 Å². The Morgan fingerprint density at radius 3 is 2.55 bits per heavy atom. The van der Waals surface area contributed by atoms with E-state index in [0.29, 0.717) is 25.7 Å². The van der Waals surface area contributed by atoms with Crippen molar-refractivity contribution in [3.05, 3.63) is 41.5 Å². The number of hydrogen-bond donors (Lipinski definition) is 2. The number of anilines is 1. The molecule has 3 amide bonds. The highest BCUT2D eigenvalue weighted by atomic mass is 19.4. The van der Waals surface area contributed by atoms with Crippen LogP contribution in [0.2, 0.25) is 0 Å². The number of carbonyl (C=O) groups is 2. The van der Waals surface area contributed by atoms with Crippen LogP contribution in [0.15, 0.2) is 30.4 Å². The van der Waals surface area contributed by atoms with Crippen LogP contribution in [0.5, 0.6) is 0 Å². The van der Waals surface area contributed by atoms with Crippen LogP contribution in [0, 0.1) is 11.3 Å². The van der Waals surface area contributed by atoms with E-state index in [2.05, 4.69) is 5.32 Å². The molecule has 0 aliphatic carbocycles. The summed E-state index contributed by atoms with van der Waals surface area (Å²) in [5.41, 5.74) is 2.13. The second-order valence-corrected chi connectivity index (χ2v) is 6.90. The third kappa shape index (κ3) is 4.58. The number of nitrogens with two attached hydrogens (primary N) is 1. The third-order valence-electron chi connectivity index (χ3n) is 4.55. The Morgan fingerprint density at radius 1 is 1.28 bits per heavy atom. The highest BCUT2D eigenvalue weighted by Crippen LogP contribution is 2.37. The summed E-state index contributed by atoms with van der Waals surface area (Å²) in [6.07, 6.45) is -1.32. The Kier molecular flexibility index (Phi) is 6.66. The normalized spacial score (nSPS) is 16.7. The molecule has 29 heavy (non-hydrogen) atoms. The molecule has 1 aliphatic heterocycles. The van der Waals surface area contributed by atoms with E-state index in [9.17, 15) is 22.8 Å². The first kappa shape index (κ1) is 22.4. The quantitative estimate of drug-likeness (QED) is 0.408. The van der Waals surface area contributed by atoms with Gasteiger partial charge in [0.2, 0.25) is 0 Å². The molecule has 0 spiro atoms. The van der Waals surface area contributed by atoms with Gasteiger partial charge in [-0.3, -0.25) is 4.79 Å². The lowest BCUT2D eigenvalue weighted by Crippen LogP contribution is -2.44. The summed E-state index contributed by atoms with van der Waals surface area (Å²) in [6, 6.07) is 3.52. The third-order valence-corrected chi connectivity index (χ3v) is 4.55. The number of nitrogens with one attached hydrogen (secondary N) is 1. The molecule has 0 radical (unpaired) electrons.